The second kappa shape index (κ2) is 4.77. The van der Waals surface area contributed by atoms with Crippen LogP contribution in [0.1, 0.15) is 18.4 Å². The number of aromatic nitrogens is 2. The maximum Gasteiger partial charge on any atom is 0.251 e. The van der Waals surface area contributed by atoms with Crippen molar-refractivity contribution in [1.82, 2.24) is 15.3 Å². The van der Waals surface area contributed by atoms with Crippen molar-refractivity contribution >= 4 is 0 Å². The quantitative estimate of drug-likeness (QED) is 0.692. The molecule has 0 unspecified atom stereocenters. The minimum atomic E-state index is -0.0575. The minimum Gasteiger partial charge on any atom is -0.319 e. The number of rotatable bonds is 4. The fourth-order valence-corrected chi connectivity index (χ4v) is 1.11. The molecule has 0 amide bonds. The van der Waals surface area contributed by atoms with Crippen molar-refractivity contribution in [3.05, 3.63) is 27.9 Å². The Bertz CT molecular complexity index is 319. The molecule has 1 rings (SSSR count). The standard InChI is InChI=1S/C9H15N3O/c1-3-7-6-9(13)12-8(11-7)4-5-10-2/h6,10H,3-5H2,1-2H3,(H,11,12,13). The maximum absolute atomic E-state index is 11.1. The van der Waals surface area contributed by atoms with Crippen molar-refractivity contribution in [2.24, 2.45) is 0 Å². The van der Waals surface area contributed by atoms with Crippen LogP contribution in [0, 0.1) is 0 Å². The second-order valence-electron chi connectivity index (χ2n) is 2.89. The Morgan fingerprint density at radius 3 is 3.00 bits per heavy atom. The Kier molecular flexibility index (Phi) is 3.64. The molecule has 2 N–H and O–H groups in total. The van der Waals surface area contributed by atoms with Gasteiger partial charge in [-0.3, -0.25) is 4.79 Å². The van der Waals surface area contributed by atoms with Gasteiger partial charge in [-0.05, 0) is 13.5 Å². The molecule has 4 heteroatoms. The summed E-state index contributed by atoms with van der Waals surface area (Å²) in [4.78, 5) is 18.1. The van der Waals surface area contributed by atoms with Crippen LogP contribution in [-0.2, 0) is 12.8 Å². The molecule has 0 saturated carbocycles. The first-order valence-electron chi connectivity index (χ1n) is 4.50. The first-order chi connectivity index (χ1) is 6.26. The highest BCUT2D eigenvalue weighted by Crippen LogP contribution is 1.93. The van der Waals surface area contributed by atoms with Crippen LogP contribution in [0.2, 0.25) is 0 Å². The summed E-state index contributed by atoms with van der Waals surface area (Å²) < 4.78 is 0. The molecule has 0 saturated heterocycles. The minimum absolute atomic E-state index is 0.0575. The summed E-state index contributed by atoms with van der Waals surface area (Å²) in [6.45, 7) is 2.82. The van der Waals surface area contributed by atoms with E-state index in [1.54, 1.807) is 6.07 Å². The van der Waals surface area contributed by atoms with Gasteiger partial charge in [0.2, 0.25) is 0 Å². The van der Waals surface area contributed by atoms with Crippen molar-refractivity contribution in [3.63, 3.8) is 0 Å². The van der Waals surface area contributed by atoms with Crippen LogP contribution in [0.15, 0.2) is 10.9 Å². The topological polar surface area (TPSA) is 57.8 Å². The zero-order valence-electron chi connectivity index (χ0n) is 8.05. The number of likely N-dealkylation sites (N-methyl/N-ethyl adjacent to an activating group) is 1. The molecule has 0 radical (unpaired) electrons. The summed E-state index contributed by atoms with van der Waals surface area (Å²) in [5.41, 5.74) is 0.799. The number of hydrogen-bond acceptors (Lipinski definition) is 3. The number of H-pyrrole nitrogens is 1. The predicted molar refractivity (Wildman–Crippen MR) is 51.9 cm³/mol. The highest BCUT2D eigenvalue weighted by molar-refractivity contribution is 5.02. The Balaban J connectivity index is 2.82. The van der Waals surface area contributed by atoms with Gasteiger partial charge in [0.25, 0.3) is 5.56 Å². The van der Waals surface area contributed by atoms with Crippen LogP contribution in [0.25, 0.3) is 0 Å². The van der Waals surface area contributed by atoms with Gasteiger partial charge in [0.05, 0.1) is 0 Å². The summed E-state index contributed by atoms with van der Waals surface area (Å²) in [6.07, 6.45) is 1.57. The van der Waals surface area contributed by atoms with E-state index in [9.17, 15) is 4.79 Å². The second-order valence-corrected chi connectivity index (χ2v) is 2.89. The van der Waals surface area contributed by atoms with E-state index in [0.29, 0.717) is 0 Å². The van der Waals surface area contributed by atoms with Crippen LogP contribution in [0.5, 0.6) is 0 Å². The molecule has 0 atom stereocenters. The Labute approximate surface area is 77.4 Å². The Morgan fingerprint density at radius 1 is 1.62 bits per heavy atom. The van der Waals surface area contributed by atoms with Gasteiger partial charge in [-0.1, -0.05) is 6.92 Å². The van der Waals surface area contributed by atoms with Gasteiger partial charge in [0.1, 0.15) is 5.82 Å². The molecule has 1 aromatic heterocycles. The fraction of sp³-hybridized carbons (Fsp3) is 0.556. The number of nitrogens with one attached hydrogen (secondary N) is 2. The Morgan fingerprint density at radius 2 is 2.38 bits per heavy atom. The van der Waals surface area contributed by atoms with Crippen molar-refractivity contribution in [3.8, 4) is 0 Å². The monoisotopic (exact) mass is 181 g/mol. The average Bonchev–Trinajstić information content (AvgIpc) is 2.14. The molecule has 13 heavy (non-hydrogen) atoms. The lowest BCUT2D eigenvalue weighted by molar-refractivity contribution is 0.743. The van der Waals surface area contributed by atoms with Crippen LogP contribution in [0.4, 0.5) is 0 Å². The van der Waals surface area contributed by atoms with Crippen LogP contribution >= 0.6 is 0 Å². The van der Waals surface area contributed by atoms with Crippen molar-refractivity contribution in [1.29, 1.82) is 0 Å². The normalized spacial score (nSPS) is 10.3. The number of aromatic amines is 1. The molecule has 0 fully saturated rings. The average molecular weight is 181 g/mol. The zero-order valence-corrected chi connectivity index (χ0v) is 8.05. The lowest BCUT2D eigenvalue weighted by Crippen LogP contribution is -2.17. The van der Waals surface area contributed by atoms with E-state index in [4.69, 9.17) is 0 Å². The smallest absolute Gasteiger partial charge is 0.251 e. The number of aryl methyl sites for hydroxylation is 1. The molecular weight excluding hydrogens is 166 g/mol. The van der Waals surface area contributed by atoms with E-state index in [1.165, 1.54) is 0 Å². The molecule has 0 aliphatic heterocycles. The molecule has 4 nitrogen and oxygen atoms in total. The van der Waals surface area contributed by atoms with Crippen molar-refractivity contribution in [2.75, 3.05) is 13.6 Å². The van der Waals surface area contributed by atoms with Gasteiger partial charge in [0, 0.05) is 24.7 Å². The van der Waals surface area contributed by atoms with Gasteiger partial charge in [0.15, 0.2) is 0 Å². The zero-order chi connectivity index (χ0) is 9.68. The van der Waals surface area contributed by atoms with E-state index >= 15 is 0 Å². The lowest BCUT2D eigenvalue weighted by Gasteiger charge is -2.01. The molecule has 0 bridgehead atoms. The summed E-state index contributed by atoms with van der Waals surface area (Å²) in [7, 11) is 1.88. The summed E-state index contributed by atoms with van der Waals surface area (Å²) >= 11 is 0. The highest BCUT2D eigenvalue weighted by Gasteiger charge is 1.98. The molecule has 0 spiro atoms. The van der Waals surface area contributed by atoms with E-state index in [1.807, 2.05) is 14.0 Å². The lowest BCUT2D eigenvalue weighted by atomic mass is 10.3. The molecular formula is C9H15N3O. The molecule has 1 heterocycles. The van der Waals surface area contributed by atoms with E-state index in [0.717, 1.165) is 30.9 Å². The predicted octanol–water partition coefficient (Wildman–Crippen LogP) is 0.0942. The maximum atomic E-state index is 11.1. The number of nitrogens with zero attached hydrogens (tertiary/aromatic N) is 1. The third-order valence-corrected chi connectivity index (χ3v) is 1.82. The molecule has 0 aromatic carbocycles. The van der Waals surface area contributed by atoms with E-state index in [-0.39, 0.29) is 5.56 Å². The van der Waals surface area contributed by atoms with Gasteiger partial charge < -0.3 is 10.3 Å². The first-order valence-corrected chi connectivity index (χ1v) is 4.50. The van der Waals surface area contributed by atoms with Crippen LogP contribution in [-0.4, -0.2) is 23.6 Å². The highest BCUT2D eigenvalue weighted by atomic mass is 16.1. The SMILES string of the molecule is CCc1cc(=O)[nH]c(CCNC)n1. The van der Waals surface area contributed by atoms with Gasteiger partial charge in [-0.15, -0.1) is 0 Å². The summed E-state index contributed by atoms with van der Waals surface area (Å²) in [5.74, 6) is 0.763. The third kappa shape index (κ3) is 2.99. The molecule has 0 aliphatic rings. The van der Waals surface area contributed by atoms with Gasteiger partial charge in [-0.25, -0.2) is 4.98 Å². The van der Waals surface area contributed by atoms with Crippen LogP contribution in [0.3, 0.4) is 0 Å². The Hall–Kier alpha value is -1.16. The number of hydrogen-bond donors (Lipinski definition) is 2. The third-order valence-electron chi connectivity index (χ3n) is 1.82. The summed E-state index contributed by atoms with van der Waals surface area (Å²) in [6, 6.07) is 1.54. The van der Waals surface area contributed by atoms with Crippen LogP contribution < -0.4 is 10.9 Å². The molecule has 72 valence electrons. The first kappa shape index (κ1) is 9.92. The molecule has 0 aliphatic carbocycles. The molecule has 1 aromatic rings. The van der Waals surface area contributed by atoms with Gasteiger partial charge >= 0.3 is 0 Å². The van der Waals surface area contributed by atoms with Crippen molar-refractivity contribution in [2.45, 2.75) is 19.8 Å². The van der Waals surface area contributed by atoms with E-state index < -0.39 is 0 Å². The van der Waals surface area contributed by atoms with Crippen molar-refractivity contribution < 1.29 is 0 Å². The fourth-order valence-electron chi connectivity index (χ4n) is 1.11. The summed E-state index contributed by atoms with van der Waals surface area (Å²) in [5, 5.41) is 3.01. The van der Waals surface area contributed by atoms with E-state index in [2.05, 4.69) is 15.3 Å². The van der Waals surface area contributed by atoms with Gasteiger partial charge in [-0.2, -0.15) is 0 Å². The largest absolute Gasteiger partial charge is 0.319 e.